The number of aldehydes is 1. The van der Waals surface area contributed by atoms with Crippen molar-refractivity contribution in [1.29, 1.82) is 0 Å². The largest absolute Gasteiger partial charge is 0.298 e. The van der Waals surface area contributed by atoms with Crippen LogP contribution in [0.3, 0.4) is 0 Å². The van der Waals surface area contributed by atoms with Crippen molar-refractivity contribution < 1.29 is 4.79 Å². The van der Waals surface area contributed by atoms with Crippen LogP contribution < -0.4 is 0 Å². The molecule has 0 aliphatic heterocycles. The fraction of sp³-hybridized carbons (Fsp3) is 0.0909. The molecule has 0 aromatic heterocycles. The fourth-order valence-corrected chi connectivity index (χ4v) is 0.931. The summed E-state index contributed by atoms with van der Waals surface area (Å²) in [5.41, 5.74) is 4.94. The van der Waals surface area contributed by atoms with Crippen molar-refractivity contribution >= 4 is 11.9 Å². The summed E-state index contributed by atoms with van der Waals surface area (Å²) in [5.74, 6) is 0. The standard InChI is InChI=1S/C11H10O/c1-10(6-5-9-12)11-7-3-2-4-8-11/h2-5,7-9H,1H3. The second kappa shape index (κ2) is 4.32. The topological polar surface area (TPSA) is 17.1 Å². The van der Waals surface area contributed by atoms with Crippen LogP contribution in [-0.4, -0.2) is 6.29 Å². The summed E-state index contributed by atoms with van der Waals surface area (Å²) in [5, 5.41) is 0. The van der Waals surface area contributed by atoms with E-state index in [4.69, 9.17) is 0 Å². The molecule has 0 N–H and O–H groups in total. The molecular weight excluding hydrogens is 148 g/mol. The second-order valence-corrected chi connectivity index (χ2v) is 2.44. The molecule has 0 spiro atoms. The Kier molecular flexibility index (Phi) is 3.06. The molecule has 1 aromatic rings. The van der Waals surface area contributed by atoms with Gasteiger partial charge in [-0.2, -0.15) is 0 Å². The summed E-state index contributed by atoms with van der Waals surface area (Å²) in [4.78, 5) is 10.0. The van der Waals surface area contributed by atoms with Crippen molar-refractivity contribution in [2.45, 2.75) is 6.92 Å². The van der Waals surface area contributed by atoms with Gasteiger partial charge in [0.25, 0.3) is 0 Å². The molecule has 0 amide bonds. The number of carbonyl (C=O) groups is 1. The minimum absolute atomic E-state index is 0.729. The summed E-state index contributed by atoms with van der Waals surface area (Å²) < 4.78 is 0. The van der Waals surface area contributed by atoms with Gasteiger partial charge in [0.05, 0.1) is 0 Å². The zero-order valence-electron chi connectivity index (χ0n) is 6.95. The van der Waals surface area contributed by atoms with Gasteiger partial charge in [-0.3, -0.25) is 4.79 Å². The first-order valence-electron chi connectivity index (χ1n) is 3.77. The average Bonchev–Trinajstić information content (AvgIpc) is 2.15. The minimum Gasteiger partial charge on any atom is -0.298 e. The molecule has 0 fully saturated rings. The van der Waals surface area contributed by atoms with Gasteiger partial charge in [0.2, 0.25) is 0 Å². The number of carbonyl (C=O) groups excluding carboxylic acids is 1. The minimum atomic E-state index is 0.729. The van der Waals surface area contributed by atoms with Gasteiger partial charge in [0, 0.05) is 6.08 Å². The maximum atomic E-state index is 10.0. The van der Waals surface area contributed by atoms with E-state index in [2.05, 4.69) is 5.73 Å². The van der Waals surface area contributed by atoms with Crippen molar-refractivity contribution in [3.05, 3.63) is 47.7 Å². The smallest absolute Gasteiger partial charge is 0.150 e. The molecular formula is C11H10O. The van der Waals surface area contributed by atoms with Crippen molar-refractivity contribution in [1.82, 2.24) is 0 Å². The Bertz CT molecular complexity index is 316. The van der Waals surface area contributed by atoms with Crippen LogP contribution in [0.4, 0.5) is 0 Å². The average molecular weight is 158 g/mol. The molecule has 0 atom stereocenters. The lowest BCUT2D eigenvalue weighted by atomic mass is 10.1. The first-order chi connectivity index (χ1) is 5.84. The van der Waals surface area contributed by atoms with E-state index in [9.17, 15) is 4.79 Å². The monoisotopic (exact) mass is 158 g/mol. The predicted octanol–water partition coefficient (Wildman–Crippen LogP) is 2.44. The van der Waals surface area contributed by atoms with E-state index in [0.29, 0.717) is 0 Å². The van der Waals surface area contributed by atoms with Crippen LogP contribution in [-0.2, 0) is 4.79 Å². The van der Waals surface area contributed by atoms with Crippen molar-refractivity contribution in [2.75, 3.05) is 0 Å². The van der Waals surface area contributed by atoms with Gasteiger partial charge in [0.15, 0.2) is 6.29 Å². The fourth-order valence-electron chi connectivity index (χ4n) is 0.931. The first kappa shape index (κ1) is 8.51. The van der Waals surface area contributed by atoms with Crippen LogP contribution in [0.1, 0.15) is 12.5 Å². The molecule has 1 nitrogen and oxygen atoms in total. The van der Waals surface area contributed by atoms with Crippen LogP contribution in [0.5, 0.6) is 0 Å². The molecule has 0 aliphatic rings. The van der Waals surface area contributed by atoms with Gasteiger partial charge in [-0.25, -0.2) is 0 Å². The van der Waals surface area contributed by atoms with Crippen molar-refractivity contribution in [3.8, 4) is 0 Å². The van der Waals surface area contributed by atoms with Gasteiger partial charge < -0.3 is 0 Å². The Balaban J connectivity index is 3.00. The Morgan fingerprint density at radius 1 is 1.33 bits per heavy atom. The van der Waals surface area contributed by atoms with E-state index in [-0.39, 0.29) is 0 Å². The van der Waals surface area contributed by atoms with Crippen molar-refractivity contribution in [3.63, 3.8) is 0 Å². The van der Waals surface area contributed by atoms with Crippen LogP contribution in [0.15, 0.2) is 42.1 Å². The Hall–Kier alpha value is -1.59. The maximum Gasteiger partial charge on any atom is 0.150 e. The molecule has 0 saturated heterocycles. The normalized spacial score (nSPS) is 8.42. The third-order valence-corrected chi connectivity index (χ3v) is 1.57. The third kappa shape index (κ3) is 2.22. The molecule has 1 aromatic carbocycles. The molecule has 12 heavy (non-hydrogen) atoms. The second-order valence-electron chi connectivity index (χ2n) is 2.44. The number of hydrogen-bond acceptors (Lipinski definition) is 1. The Morgan fingerprint density at radius 3 is 2.58 bits per heavy atom. The summed E-state index contributed by atoms with van der Waals surface area (Å²) in [6, 6.07) is 9.85. The molecule has 0 bridgehead atoms. The van der Waals surface area contributed by atoms with E-state index in [1.807, 2.05) is 37.3 Å². The van der Waals surface area contributed by atoms with Gasteiger partial charge >= 0.3 is 0 Å². The number of benzene rings is 1. The van der Waals surface area contributed by atoms with Crippen LogP contribution in [0.2, 0.25) is 0 Å². The third-order valence-electron chi connectivity index (χ3n) is 1.57. The number of rotatable bonds is 2. The lowest BCUT2D eigenvalue weighted by molar-refractivity contribution is -0.104. The molecule has 0 saturated carbocycles. The molecule has 1 rings (SSSR count). The lowest BCUT2D eigenvalue weighted by Crippen LogP contribution is -1.74. The molecule has 0 unspecified atom stereocenters. The highest BCUT2D eigenvalue weighted by Crippen LogP contribution is 2.10. The highest BCUT2D eigenvalue weighted by molar-refractivity contribution is 5.70. The molecule has 0 aliphatic carbocycles. The highest BCUT2D eigenvalue weighted by atomic mass is 16.1. The maximum absolute atomic E-state index is 10.0. The van der Waals surface area contributed by atoms with Crippen LogP contribution in [0, 0.1) is 0 Å². The number of allylic oxidation sites excluding steroid dienone is 1. The van der Waals surface area contributed by atoms with Gasteiger partial charge in [-0.1, -0.05) is 30.3 Å². The zero-order chi connectivity index (χ0) is 8.81. The summed E-state index contributed by atoms with van der Waals surface area (Å²) in [6.45, 7) is 1.93. The molecule has 0 radical (unpaired) electrons. The van der Waals surface area contributed by atoms with Gasteiger partial charge in [-0.15, -0.1) is 5.73 Å². The van der Waals surface area contributed by atoms with E-state index >= 15 is 0 Å². The van der Waals surface area contributed by atoms with E-state index in [1.54, 1.807) is 0 Å². The molecule has 60 valence electrons. The van der Waals surface area contributed by atoms with Gasteiger partial charge in [0.1, 0.15) is 0 Å². The van der Waals surface area contributed by atoms with E-state index in [0.717, 1.165) is 17.4 Å². The SMILES string of the molecule is CC(=C=CC=O)c1ccccc1. The van der Waals surface area contributed by atoms with Crippen molar-refractivity contribution in [2.24, 2.45) is 0 Å². The summed E-state index contributed by atoms with van der Waals surface area (Å²) in [7, 11) is 0. The van der Waals surface area contributed by atoms with Crippen LogP contribution >= 0.6 is 0 Å². The molecule has 1 heteroatoms. The van der Waals surface area contributed by atoms with Gasteiger partial charge in [-0.05, 0) is 18.1 Å². The Morgan fingerprint density at radius 2 is 2.00 bits per heavy atom. The first-order valence-corrected chi connectivity index (χ1v) is 3.77. The quantitative estimate of drug-likeness (QED) is 0.367. The van der Waals surface area contributed by atoms with E-state index < -0.39 is 0 Å². The predicted molar refractivity (Wildman–Crippen MR) is 49.7 cm³/mol. The number of hydrogen-bond donors (Lipinski definition) is 0. The summed E-state index contributed by atoms with van der Waals surface area (Å²) in [6.07, 6.45) is 2.11. The van der Waals surface area contributed by atoms with E-state index in [1.165, 1.54) is 6.08 Å². The lowest BCUT2D eigenvalue weighted by Gasteiger charge is -1.94. The Labute approximate surface area is 72.0 Å². The summed E-state index contributed by atoms with van der Waals surface area (Å²) >= 11 is 0. The highest BCUT2D eigenvalue weighted by Gasteiger charge is 1.89. The van der Waals surface area contributed by atoms with Crippen LogP contribution in [0.25, 0.3) is 5.57 Å². The molecule has 0 heterocycles. The zero-order valence-corrected chi connectivity index (χ0v) is 6.95.